The maximum Gasteiger partial charge on any atom is 0.152 e. The molecule has 0 amide bonds. The molecule has 2 heterocycles. The van der Waals surface area contributed by atoms with Crippen molar-refractivity contribution in [2.45, 2.75) is 18.9 Å². The minimum absolute atomic E-state index is 0.156. The first kappa shape index (κ1) is 11.8. The summed E-state index contributed by atoms with van der Waals surface area (Å²) in [6.07, 6.45) is 5.63. The molecule has 0 aliphatic heterocycles. The van der Waals surface area contributed by atoms with Crippen molar-refractivity contribution in [3.8, 4) is 0 Å². The summed E-state index contributed by atoms with van der Waals surface area (Å²) < 4.78 is 1.69. The van der Waals surface area contributed by atoms with Crippen LogP contribution in [0.2, 0.25) is 0 Å². The molecule has 0 aromatic carbocycles. The van der Waals surface area contributed by atoms with E-state index in [1.807, 2.05) is 13.0 Å². The number of rotatable bonds is 5. The molecule has 6 heteroatoms. The lowest BCUT2D eigenvalue weighted by molar-refractivity contribution is 0.132. The molecular formula is C11H16N4O2. The van der Waals surface area contributed by atoms with Gasteiger partial charge >= 0.3 is 0 Å². The predicted molar refractivity (Wildman–Crippen MR) is 63.8 cm³/mol. The lowest BCUT2D eigenvalue weighted by atomic mass is 9.98. The second-order valence-corrected chi connectivity index (χ2v) is 4.01. The van der Waals surface area contributed by atoms with Crippen LogP contribution in [-0.2, 0) is 0 Å². The summed E-state index contributed by atoms with van der Waals surface area (Å²) in [7, 11) is 0. The number of anilines is 1. The number of aromatic nitrogens is 3. The average molecular weight is 236 g/mol. The third-order valence-electron chi connectivity index (χ3n) is 2.99. The highest BCUT2D eigenvalue weighted by Gasteiger charge is 2.27. The molecule has 6 nitrogen and oxygen atoms in total. The predicted octanol–water partition coefficient (Wildman–Crippen LogP) is 0.275. The van der Waals surface area contributed by atoms with Crippen LogP contribution in [0.25, 0.3) is 5.52 Å². The molecule has 0 bridgehead atoms. The van der Waals surface area contributed by atoms with Gasteiger partial charge in [0.15, 0.2) is 5.82 Å². The van der Waals surface area contributed by atoms with Gasteiger partial charge in [0.2, 0.25) is 0 Å². The second-order valence-electron chi connectivity index (χ2n) is 4.01. The van der Waals surface area contributed by atoms with Crippen molar-refractivity contribution in [3.05, 3.63) is 24.7 Å². The number of hydrogen-bond donors (Lipinski definition) is 3. The Labute approximate surface area is 98.9 Å². The van der Waals surface area contributed by atoms with E-state index in [1.165, 1.54) is 0 Å². The topological polar surface area (TPSA) is 82.7 Å². The van der Waals surface area contributed by atoms with Gasteiger partial charge in [0, 0.05) is 12.4 Å². The third kappa shape index (κ3) is 2.09. The van der Waals surface area contributed by atoms with Crippen LogP contribution < -0.4 is 5.32 Å². The normalized spacial score (nSPS) is 11.9. The first-order chi connectivity index (χ1) is 8.24. The Balaban J connectivity index is 2.37. The fraction of sp³-hybridized carbons (Fsp3) is 0.455. The molecule has 2 aromatic rings. The molecule has 0 radical (unpaired) electrons. The SMILES string of the molecule is CCC(CO)(CO)Nc1nccn2nccc12. The van der Waals surface area contributed by atoms with E-state index in [1.54, 1.807) is 23.1 Å². The monoisotopic (exact) mass is 236 g/mol. The highest BCUT2D eigenvalue weighted by Crippen LogP contribution is 2.20. The van der Waals surface area contributed by atoms with Crippen molar-refractivity contribution in [2.24, 2.45) is 0 Å². The Bertz CT molecular complexity index is 485. The van der Waals surface area contributed by atoms with Gasteiger partial charge in [-0.05, 0) is 12.5 Å². The molecule has 92 valence electrons. The lowest BCUT2D eigenvalue weighted by Crippen LogP contribution is -2.45. The molecule has 0 aliphatic carbocycles. The van der Waals surface area contributed by atoms with Gasteiger partial charge in [0.25, 0.3) is 0 Å². The molecule has 3 N–H and O–H groups in total. The highest BCUT2D eigenvalue weighted by molar-refractivity contribution is 5.67. The summed E-state index contributed by atoms with van der Waals surface area (Å²) in [5, 5.41) is 26.0. The standard InChI is InChI=1S/C11H16N4O2/c1-2-11(7-16,8-17)14-10-9-3-4-13-15(9)6-5-12-10/h3-6,16-17H,2,7-8H2,1H3,(H,12,14). The third-order valence-corrected chi connectivity index (χ3v) is 2.99. The molecular weight excluding hydrogens is 220 g/mol. The molecule has 0 aliphatic rings. The molecule has 0 unspecified atom stereocenters. The van der Waals surface area contributed by atoms with E-state index in [0.717, 1.165) is 5.52 Å². The summed E-state index contributed by atoms with van der Waals surface area (Å²) in [6, 6.07) is 1.82. The molecule has 0 fully saturated rings. The van der Waals surface area contributed by atoms with E-state index in [-0.39, 0.29) is 13.2 Å². The Morgan fingerprint density at radius 2 is 2.12 bits per heavy atom. The summed E-state index contributed by atoms with van der Waals surface area (Å²) in [4.78, 5) is 4.21. The van der Waals surface area contributed by atoms with E-state index in [9.17, 15) is 10.2 Å². The van der Waals surface area contributed by atoms with E-state index in [0.29, 0.717) is 12.2 Å². The summed E-state index contributed by atoms with van der Waals surface area (Å²) in [5.74, 6) is 0.606. The largest absolute Gasteiger partial charge is 0.394 e. The summed E-state index contributed by atoms with van der Waals surface area (Å²) in [5.41, 5.74) is 0.0614. The average Bonchev–Trinajstić information content (AvgIpc) is 2.85. The number of aliphatic hydroxyl groups excluding tert-OH is 2. The summed E-state index contributed by atoms with van der Waals surface area (Å²) in [6.45, 7) is 1.59. The maximum absolute atomic E-state index is 9.39. The minimum Gasteiger partial charge on any atom is -0.394 e. The Hall–Kier alpha value is -1.66. The van der Waals surface area contributed by atoms with Crippen LogP contribution in [0.1, 0.15) is 13.3 Å². The molecule has 0 atom stereocenters. The summed E-state index contributed by atoms with van der Waals surface area (Å²) >= 11 is 0. The lowest BCUT2D eigenvalue weighted by Gasteiger charge is -2.30. The quantitative estimate of drug-likeness (QED) is 0.694. The van der Waals surface area contributed by atoms with Gasteiger partial charge in [0.05, 0.1) is 24.9 Å². The van der Waals surface area contributed by atoms with E-state index < -0.39 is 5.54 Å². The van der Waals surface area contributed by atoms with Gasteiger partial charge in [-0.1, -0.05) is 6.92 Å². The van der Waals surface area contributed by atoms with Crippen LogP contribution in [0.15, 0.2) is 24.7 Å². The van der Waals surface area contributed by atoms with Crippen LogP contribution >= 0.6 is 0 Å². The molecule has 0 saturated heterocycles. The molecule has 17 heavy (non-hydrogen) atoms. The molecule has 0 spiro atoms. The Morgan fingerprint density at radius 1 is 1.35 bits per heavy atom. The fourth-order valence-electron chi connectivity index (χ4n) is 1.65. The van der Waals surface area contributed by atoms with Crippen molar-refractivity contribution < 1.29 is 10.2 Å². The Kier molecular flexibility index (Phi) is 3.26. The van der Waals surface area contributed by atoms with Gasteiger partial charge in [-0.3, -0.25) is 0 Å². The van der Waals surface area contributed by atoms with Crippen LogP contribution in [0, 0.1) is 0 Å². The second kappa shape index (κ2) is 4.68. The Morgan fingerprint density at radius 3 is 2.76 bits per heavy atom. The molecule has 2 aromatic heterocycles. The molecule has 2 rings (SSSR count). The van der Waals surface area contributed by atoms with Gasteiger partial charge in [-0.15, -0.1) is 0 Å². The van der Waals surface area contributed by atoms with Gasteiger partial charge in [-0.2, -0.15) is 5.10 Å². The van der Waals surface area contributed by atoms with Crippen molar-refractivity contribution in [3.63, 3.8) is 0 Å². The zero-order chi connectivity index (χ0) is 12.3. The van der Waals surface area contributed by atoms with Crippen LogP contribution in [0.4, 0.5) is 5.82 Å². The number of aliphatic hydroxyl groups is 2. The first-order valence-electron chi connectivity index (χ1n) is 5.53. The number of hydrogen-bond acceptors (Lipinski definition) is 5. The maximum atomic E-state index is 9.39. The first-order valence-corrected chi connectivity index (χ1v) is 5.53. The van der Waals surface area contributed by atoms with Crippen LogP contribution in [0.3, 0.4) is 0 Å². The van der Waals surface area contributed by atoms with Crippen LogP contribution in [0.5, 0.6) is 0 Å². The smallest absolute Gasteiger partial charge is 0.152 e. The van der Waals surface area contributed by atoms with Gasteiger partial charge < -0.3 is 15.5 Å². The zero-order valence-corrected chi connectivity index (χ0v) is 9.67. The van der Waals surface area contributed by atoms with E-state index >= 15 is 0 Å². The van der Waals surface area contributed by atoms with Gasteiger partial charge in [0.1, 0.15) is 5.52 Å². The van der Waals surface area contributed by atoms with E-state index in [4.69, 9.17) is 0 Å². The van der Waals surface area contributed by atoms with Crippen molar-refractivity contribution in [1.82, 2.24) is 14.6 Å². The number of nitrogens with one attached hydrogen (secondary N) is 1. The van der Waals surface area contributed by atoms with Crippen molar-refractivity contribution in [2.75, 3.05) is 18.5 Å². The van der Waals surface area contributed by atoms with Crippen molar-refractivity contribution in [1.29, 1.82) is 0 Å². The number of fused-ring (bicyclic) bond motifs is 1. The van der Waals surface area contributed by atoms with Crippen molar-refractivity contribution >= 4 is 11.3 Å². The van der Waals surface area contributed by atoms with Gasteiger partial charge in [-0.25, -0.2) is 9.50 Å². The van der Waals surface area contributed by atoms with E-state index in [2.05, 4.69) is 15.4 Å². The fourth-order valence-corrected chi connectivity index (χ4v) is 1.65. The highest BCUT2D eigenvalue weighted by atomic mass is 16.3. The molecule has 0 saturated carbocycles. The number of nitrogens with zero attached hydrogens (tertiary/aromatic N) is 3. The minimum atomic E-state index is -0.751. The van der Waals surface area contributed by atoms with Crippen LogP contribution in [-0.4, -0.2) is 43.6 Å². The zero-order valence-electron chi connectivity index (χ0n) is 9.67.